The van der Waals surface area contributed by atoms with Gasteiger partial charge in [0.15, 0.2) is 0 Å². The summed E-state index contributed by atoms with van der Waals surface area (Å²) >= 11 is 0. The van der Waals surface area contributed by atoms with Crippen molar-refractivity contribution in [2.45, 2.75) is 39.3 Å². The summed E-state index contributed by atoms with van der Waals surface area (Å²) in [7, 11) is 0. The number of aryl methyl sites for hydroxylation is 1. The second-order valence-corrected chi connectivity index (χ2v) is 8.39. The zero-order valence-corrected chi connectivity index (χ0v) is 17.3. The molecule has 4 rings (SSSR count). The lowest BCUT2D eigenvalue weighted by Gasteiger charge is -2.35. The molecule has 2 atom stereocenters. The van der Waals surface area contributed by atoms with Gasteiger partial charge in [-0.3, -0.25) is 14.6 Å². The van der Waals surface area contributed by atoms with Crippen molar-refractivity contribution in [1.29, 1.82) is 0 Å². The predicted octanol–water partition coefficient (Wildman–Crippen LogP) is 3.65. The number of rotatable bonds is 4. The van der Waals surface area contributed by atoms with Crippen molar-refractivity contribution >= 4 is 11.6 Å². The molecule has 4 heteroatoms. The average molecular weight is 378 g/mol. The second-order valence-electron chi connectivity index (χ2n) is 8.39. The highest BCUT2D eigenvalue weighted by Crippen LogP contribution is 2.40. The molecular formula is C24H31N3O. The SMILES string of the molecule is Cc1ccc(CN2CCN(CC(=O)N3c4ccccc4[C@@H](C)[C@@H]3C)CC2)cc1. The first-order valence-corrected chi connectivity index (χ1v) is 10.4. The molecule has 148 valence electrons. The van der Waals surface area contributed by atoms with Crippen LogP contribution in [0.1, 0.15) is 36.5 Å². The third kappa shape index (κ3) is 3.85. The van der Waals surface area contributed by atoms with Gasteiger partial charge in [-0.1, -0.05) is 55.0 Å². The molecule has 2 aliphatic rings. The fourth-order valence-electron chi connectivity index (χ4n) is 4.48. The van der Waals surface area contributed by atoms with Crippen molar-refractivity contribution in [2.24, 2.45) is 0 Å². The first kappa shape index (κ1) is 19.2. The van der Waals surface area contributed by atoms with Crippen molar-refractivity contribution in [3.63, 3.8) is 0 Å². The molecule has 0 spiro atoms. The highest BCUT2D eigenvalue weighted by molar-refractivity contribution is 5.97. The fraction of sp³-hybridized carbons (Fsp3) is 0.458. The van der Waals surface area contributed by atoms with Gasteiger partial charge in [-0.25, -0.2) is 0 Å². The average Bonchev–Trinajstić information content (AvgIpc) is 2.96. The van der Waals surface area contributed by atoms with E-state index in [9.17, 15) is 4.79 Å². The van der Waals surface area contributed by atoms with E-state index in [1.54, 1.807) is 0 Å². The Morgan fingerprint density at radius 1 is 0.929 bits per heavy atom. The number of anilines is 1. The minimum atomic E-state index is 0.229. The van der Waals surface area contributed by atoms with Crippen molar-refractivity contribution in [3.8, 4) is 0 Å². The van der Waals surface area contributed by atoms with Crippen LogP contribution in [0.2, 0.25) is 0 Å². The van der Waals surface area contributed by atoms with Crippen LogP contribution in [-0.4, -0.2) is 54.5 Å². The van der Waals surface area contributed by atoms with Crippen molar-refractivity contribution in [2.75, 3.05) is 37.6 Å². The number of carbonyl (C=O) groups excluding carboxylic acids is 1. The molecule has 1 amide bonds. The second kappa shape index (κ2) is 8.06. The number of benzene rings is 2. The molecule has 1 saturated heterocycles. The van der Waals surface area contributed by atoms with Gasteiger partial charge < -0.3 is 4.90 Å². The Hall–Kier alpha value is -2.17. The van der Waals surface area contributed by atoms with E-state index in [1.807, 2.05) is 11.0 Å². The summed E-state index contributed by atoms with van der Waals surface area (Å²) in [5.41, 5.74) is 5.07. The van der Waals surface area contributed by atoms with Crippen LogP contribution in [0.3, 0.4) is 0 Å². The highest BCUT2D eigenvalue weighted by atomic mass is 16.2. The quantitative estimate of drug-likeness (QED) is 0.814. The minimum absolute atomic E-state index is 0.229. The fourth-order valence-corrected chi connectivity index (χ4v) is 4.48. The molecule has 28 heavy (non-hydrogen) atoms. The third-order valence-corrected chi connectivity index (χ3v) is 6.44. The Balaban J connectivity index is 1.32. The van der Waals surface area contributed by atoms with Crippen molar-refractivity contribution < 1.29 is 4.79 Å². The molecule has 0 unspecified atom stereocenters. The number of hydrogen-bond acceptors (Lipinski definition) is 3. The number of hydrogen-bond donors (Lipinski definition) is 0. The van der Waals surface area contributed by atoms with Crippen LogP contribution in [0.25, 0.3) is 0 Å². The van der Waals surface area contributed by atoms with Crippen LogP contribution >= 0.6 is 0 Å². The molecule has 1 fully saturated rings. The molecule has 0 radical (unpaired) electrons. The summed E-state index contributed by atoms with van der Waals surface area (Å²) in [6, 6.07) is 17.4. The molecule has 2 aliphatic heterocycles. The molecule has 2 aromatic rings. The summed E-state index contributed by atoms with van der Waals surface area (Å²) in [4.78, 5) is 19.9. The van der Waals surface area contributed by atoms with Gasteiger partial charge in [0.25, 0.3) is 0 Å². The maximum absolute atomic E-state index is 13.1. The molecule has 0 aromatic heterocycles. The van der Waals surface area contributed by atoms with Crippen molar-refractivity contribution in [3.05, 3.63) is 65.2 Å². The number of piperazine rings is 1. The lowest BCUT2D eigenvalue weighted by molar-refractivity contribution is -0.120. The van der Waals surface area contributed by atoms with E-state index >= 15 is 0 Å². The topological polar surface area (TPSA) is 26.8 Å². The Morgan fingerprint density at radius 3 is 2.29 bits per heavy atom. The number of nitrogens with zero attached hydrogens (tertiary/aromatic N) is 3. The maximum Gasteiger partial charge on any atom is 0.241 e. The van der Waals surface area contributed by atoms with Gasteiger partial charge >= 0.3 is 0 Å². The summed E-state index contributed by atoms with van der Waals surface area (Å²) in [6.07, 6.45) is 0. The van der Waals surface area contributed by atoms with Gasteiger partial charge in [0, 0.05) is 50.4 Å². The number of fused-ring (bicyclic) bond motifs is 1. The summed E-state index contributed by atoms with van der Waals surface area (Å²) in [5.74, 6) is 0.628. The van der Waals surface area contributed by atoms with Crippen molar-refractivity contribution in [1.82, 2.24) is 9.80 Å². The van der Waals surface area contributed by atoms with Crippen LogP contribution in [0.15, 0.2) is 48.5 Å². The maximum atomic E-state index is 13.1. The zero-order valence-electron chi connectivity index (χ0n) is 17.3. The summed E-state index contributed by atoms with van der Waals surface area (Å²) < 4.78 is 0. The van der Waals surface area contributed by atoms with Gasteiger partial charge in [0.2, 0.25) is 5.91 Å². The van der Waals surface area contributed by atoms with E-state index in [4.69, 9.17) is 0 Å². The molecule has 2 heterocycles. The highest BCUT2D eigenvalue weighted by Gasteiger charge is 2.36. The van der Waals surface area contributed by atoms with E-state index in [0.29, 0.717) is 12.5 Å². The van der Waals surface area contributed by atoms with Gasteiger partial charge in [-0.15, -0.1) is 0 Å². The smallest absolute Gasteiger partial charge is 0.241 e. The van der Waals surface area contributed by atoms with Crippen LogP contribution in [0.4, 0.5) is 5.69 Å². The summed E-state index contributed by atoms with van der Waals surface area (Å²) in [6.45, 7) is 12.0. The normalized spacial score (nSPS) is 23.0. The first-order chi connectivity index (χ1) is 13.5. The number of carbonyl (C=O) groups is 1. The van der Waals surface area contributed by atoms with Crippen LogP contribution in [0.5, 0.6) is 0 Å². The lowest BCUT2D eigenvalue weighted by atomic mass is 9.98. The molecule has 4 nitrogen and oxygen atoms in total. The van der Waals surface area contributed by atoms with E-state index in [2.05, 4.69) is 73.0 Å². The molecule has 0 bridgehead atoms. The van der Waals surface area contributed by atoms with Gasteiger partial charge in [0.1, 0.15) is 0 Å². The minimum Gasteiger partial charge on any atom is -0.308 e. The molecule has 0 aliphatic carbocycles. The Bertz CT molecular complexity index is 824. The van der Waals surface area contributed by atoms with E-state index < -0.39 is 0 Å². The van der Waals surface area contributed by atoms with Gasteiger partial charge in [0.05, 0.1) is 6.54 Å². The third-order valence-electron chi connectivity index (χ3n) is 6.44. The van der Waals surface area contributed by atoms with E-state index in [-0.39, 0.29) is 11.9 Å². The molecule has 0 N–H and O–H groups in total. The standard InChI is InChI=1S/C24H31N3O/c1-18-8-10-21(11-9-18)16-25-12-14-26(15-13-25)17-24(28)27-20(3)19(2)22-6-4-5-7-23(22)27/h4-11,19-20H,12-17H2,1-3H3/t19-,20-/m0/s1. The molecule has 2 aromatic carbocycles. The van der Waals surface area contributed by atoms with E-state index in [1.165, 1.54) is 16.7 Å². The zero-order chi connectivity index (χ0) is 19.7. The monoisotopic (exact) mass is 377 g/mol. The lowest BCUT2D eigenvalue weighted by Crippen LogP contribution is -2.50. The van der Waals surface area contributed by atoms with Crippen LogP contribution < -0.4 is 4.90 Å². The Morgan fingerprint density at radius 2 is 1.57 bits per heavy atom. The number of para-hydroxylation sites is 1. The van der Waals surface area contributed by atoms with Crippen LogP contribution in [0, 0.1) is 6.92 Å². The Kier molecular flexibility index (Phi) is 5.51. The van der Waals surface area contributed by atoms with E-state index in [0.717, 1.165) is 38.4 Å². The molecular weight excluding hydrogens is 346 g/mol. The first-order valence-electron chi connectivity index (χ1n) is 10.4. The predicted molar refractivity (Wildman–Crippen MR) is 115 cm³/mol. The Labute approximate surface area is 168 Å². The van der Waals surface area contributed by atoms with Gasteiger partial charge in [-0.2, -0.15) is 0 Å². The van der Waals surface area contributed by atoms with Crippen LogP contribution in [-0.2, 0) is 11.3 Å². The number of amides is 1. The van der Waals surface area contributed by atoms with Gasteiger partial charge in [-0.05, 0) is 31.0 Å². The molecule has 0 saturated carbocycles. The largest absolute Gasteiger partial charge is 0.308 e. The summed E-state index contributed by atoms with van der Waals surface area (Å²) in [5, 5.41) is 0.